The molecular formula is C12H21N. The fraction of sp³-hybridized carbons (Fsp3) is 1.00. The van der Waals surface area contributed by atoms with Gasteiger partial charge in [0.25, 0.3) is 0 Å². The molecule has 74 valence electrons. The molecule has 0 aliphatic heterocycles. The van der Waals surface area contributed by atoms with E-state index in [4.69, 9.17) is 0 Å². The minimum Gasteiger partial charge on any atom is -0.313 e. The van der Waals surface area contributed by atoms with Crippen LogP contribution in [0.3, 0.4) is 0 Å². The minimum atomic E-state index is 0.674. The fourth-order valence-corrected chi connectivity index (χ4v) is 3.29. The van der Waals surface area contributed by atoms with Crippen molar-refractivity contribution in [1.82, 2.24) is 5.32 Å². The van der Waals surface area contributed by atoms with E-state index in [1.807, 2.05) is 0 Å². The first-order valence-electron chi connectivity index (χ1n) is 6.00. The smallest absolute Gasteiger partial charge is 0.00984 e. The molecule has 1 nitrogen and oxygen atoms in total. The van der Waals surface area contributed by atoms with Crippen molar-refractivity contribution in [3.8, 4) is 0 Å². The van der Waals surface area contributed by atoms with Crippen molar-refractivity contribution in [2.24, 2.45) is 17.3 Å². The summed E-state index contributed by atoms with van der Waals surface area (Å²) in [4.78, 5) is 0. The van der Waals surface area contributed by atoms with E-state index in [9.17, 15) is 0 Å². The van der Waals surface area contributed by atoms with Crippen LogP contribution in [0.2, 0.25) is 0 Å². The van der Waals surface area contributed by atoms with Crippen LogP contribution in [0.25, 0.3) is 0 Å². The summed E-state index contributed by atoms with van der Waals surface area (Å²) in [5.41, 5.74) is 0.674. The number of rotatable bonds is 3. The normalized spacial score (nSPS) is 45.5. The third kappa shape index (κ3) is 1.41. The summed E-state index contributed by atoms with van der Waals surface area (Å²) in [6.45, 7) is 3.74. The van der Waals surface area contributed by atoms with E-state index in [0.717, 1.165) is 17.9 Å². The lowest BCUT2D eigenvalue weighted by molar-refractivity contribution is 0.149. The highest BCUT2D eigenvalue weighted by Gasteiger charge is 2.48. The Kier molecular flexibility index (Phi) is 1.74. The molecule has 0 bridgehead atoms. The van der Waals surface area contributed by atoms with E-state index in [-0.39, 0.29) is 0 Å². The Bertz CT molecular complexity index is 207. The molecule has 3 aliphatic carbocycles. The first-order valence-corrected chi connectivity index (χ1v) is 6.00. The van der Waals surface area contributed by atoms with E-state index in [2.05, 4.69) is 12.2 Å². The summed E-state index contributed by atoms with van der Waals surface area (Å²) in [6, 6.07) is 0.905. The SMILES string of the molecule is CC1(CNC2CCC3CC32)CCC1. The zero-order chi connectivity index (χ0) is 8.89. The number of hydrogen-bond donors (Lipinski definition) is 1. The molecule has 13 heavy (non-hydrogen) atoms. The molecule has 0 amide bonds. The zero-order valence-corrected chi connectivity index (χ0v) is 8.68. The van der Waals surface area contributed by atoms with Gasteiger partial charge in [-0.15, -0.1) is 0 Å². The summed E-state index contributed by atoms with van der Waals surface area (Å²) < 4.78 is 0. The topological polar surface area (TPSA) is 12.0 Å². The highest BCUT2D eigenvalue weighted by molar-refractivity contribution is 5.02. The van der Waals surface area contributed by atoms with E-state index in [0.29, 0.717) is 5.41 Å². The van der Waals surface area contributed by atoms with Crippen molar-refractivity contribution < 1.29 is 0 Å². The molecule has 0 spiro atoms. The average molecular weight is 179 g/mol. The Morgan fingerprint density at radius 1 is 1.31 bits per heavy atom. The van der Waals surface area contributed by atoms with Crippen LogP contribution in [-0.2, 0) is 0 Å². The Hall–Kier alpha value is -0.0400. The van der Waals surface area contributed by atoms with Gasteiger partial charge < -0.3 is 5.32 Å². The van der Waals surface area contributed by atoms with Gasteiger partial charge in [-0.25, -0.2) is 0 Å². The predicted molar refractivity (Wildman–Crippen MR) is 54.6 cm³/mol. The molecule has 3 fully saturated rings. The summed E-state index contributed by atoms with van der Waals surface area (Å²) in [6.07, 6.45) is 8.90. The first kappa shape index (κ1) is 8.28. The van der Waals surface area contributed by atoms with Crippen LogP contribution >= 0.6 is 0 Å². The fourth-order valence-electron chi connectivity index (χ4n) is 3.29. The monoisotopic (exact) mass is 179 g/mol. The molecule has 0 aromatic heterocycles. The van der Waals surface area contributed by atoms with E-state index >= 15 is 0 Å². The predicted octanol–water partition coefficient (Wildman–Crippen LogP) is 2.56. The standard InChI is InChI=1S/C12H21N/c1-12(5-2-6-12)8-13-11-4-3-9-7-10(9)11/h9-11,13H,2-8H2,1H3. The van der Waals surface area contributed by atoms with Crippen LogP contribution in [-0.4, -0.2) is 12.6 Å². The molecule has 1 heteroatoms. The van der Waals surface area contributed by atoms with Crippen LogP contribution in [0, 0.1) is 17.3 Å². The maximum absolute atomic E-state index is 3.82. The van der Waals surface area contributed by atoms with Crippen molar-refractivity contribution in [3.05, 3.63) is 0 Å². The average Bonchev–Trinajstić information content (AvgIpc) is 2.75. The molecule has 3 atom stereocenters. The number of hydrogen-bond acceptors (Lipinski definition) is 1. The second-order valence-electron chi connectivity index (χ2n) is 5.89. The maximum Gasteiger partial charge on any atom is 0.00984 e. The highest BCUT2D eigenvalue weighted by Crippen LogP contribution is 2.52. The molecule has 3 rings (SSSR count). The second-order valence-corrected chi connectivity index (χ2v) is 5.89. The van der Waals surface area contributed by atoms with Crippen molar-refractivity contribution in [2.45, 2.75) is 51.5 Å². The summed E-state index contributed by atoms with van der Waals surface area (Å²) >= 11 is 0. The van der Waals surface area contributed by atoms with Crippen LogP contribution < -0.4 is 5.32 Å². The van der Waals surface area contributed by atoms with Crippen molar-refractivity contribution in [2.75, 3.05) is 6.54 Å². The van der Waals surface area contributed by atoms with Crippen LogP contribution in [0.1, 0.15) is 45.4 Å². The van der Waals surface area contributed by atoms with Gasteiger partial charge in [0.2, 0.25) is 0 Å². The summed E-state index contributed by atoms with van der Waals surface area (Å²) in [5, 5.41) is 3.82. The van der Waals surface area contributed by atoms with Gasteiger partial charge in [-0.1, -0.05) is 13.3 Å². The van der Waals surface area contributed by atoms with Crippen LogP contribution in [0.4, 0.5) is 0 Å². The van der Waals surface area contributed by atoms with Gasteiger partial charge in [0.05, 0.1) is 0 Å². The second kappa shape index (κ2) is 2.73. The van der Waals surface area contributed by atoms with E-state index in [1.54, 1.807) is 0 Å². The van der Waals surface area contributed by atoms with Gasteiger partial charge in [-0.3, -0.25) is 0 Å². The Labute approximate surface area is 81.3 Å². The first-order chi connectivity index (χ1) is 6.27. The lowest BCUT2D eigenvalue weighted by Crippen LogP contribution is -2.42. The lowest BCUT2D eigenvalue weighted by Gasteiger charge is -2.39. The van der Waals surface area contributed by atoms with Gasteiger partial charge in [0, 0.05) is 12.6 Å². The van der Waals surface area contributed by atoms with Gasteiger partial charge in [0.15, 0.2) is 0 Å². The minimum absolute atomic E-state index is 0.674. The molecule has 3 unspecified atom stereocenters. The molecule has 0 aromatic carbocycles. The molecule has 1 N–H and O–H groups in total. The Balaban J connectivity index is 1.47. The van der Waals surface area contributed by atoms with Gasteiger partial charge >= 0.3 is 0 Å². The summed E-state index contributed by atoms with van der Waals surface area (Å²) in [5.74, 6) is 2.22. The summed E-state index contributed by atoms with van der Waals surface area (Å²) in [7, 11) is 0. The molecule has 0 aromatic rings. The Morgan fingerprint density at radius 2 is 2.15 bits per heavy atom. The van der Waals surface area contributed by atoms with Gasteiger partial charge in [-0.2, -0.15) is 0 Å². The molecular weight excluding hydrogens is 158 g/mol. The van der Waals surface area contributed by atoms with Crippen LogP contribution in [0.15, 0.2) is 0 Å². The number of nitrogens with one attached hydrogen (secondary N) is 1. The number of fused-ring (bicyclic) bond motifs is 1. The molecule has 0 radical (unpaired) electrons. The van der Waals surface area contributed by atoms with Gasteiger partial charge in [-0.05, 0) is 49.4 Å². The molecule has 0 heterocycles. The maximum atomic E-state index is 3.82. The van der Waals surface area contributed by atoms with Gasteiger partial charge in [0.1, 0.15) is 0 Å². The third-order valence-electron chi connectivity index (χ3n) is 4.69. The molecule has 0 saturated heterocycles. The largest absolute Gasteiger partial charge is 0.313 e. The zero-order valence-electron chi connectivity index (χ0n) is 8.68. The lowest BCUT2D eigenvalue weighted by atomic mass is 9.70. The van der Waals surface area contributed by atoms with E-state index < -0.39 is 0 Å². The Morgan fingerprint density at radius 3 is 2.62 bits per heavy atom. The van der Waals surface area contributed by atoms with Crippen molar-refractivity contribution in [3.63, 3.8) is 0 Å². The van der Waals surface area contributed by atoms with Crippen molar-refractivity contribution >= 4 is 0 Å². The van der Waals surface area contributed by atoms with Crippen molar-refractivity contribution in [1.29, 1.82) is 0 Å². The highest BCUT2D eigenvalue weighted by atomic mass is 15.0. The van der Waals surface area contributed by atoms with E-state index in [1.165, 1.54) is 45.1 Å². The molecule has 3 aliphatic rings. The molecule has 3 saturated carbocycles. The van der Waals surface area contributed by atoms with Crippen LogP contribution in [0.5, 0.6) is 0 Å². The third-order valence-corrected chi connectivity index (χ3v) is 4.69. The quantitative estimate of drug-likeness (QED) is 0.702.